The third-order valence-electron chi connectivity index (χ3n) is 5.33. The smallest absolute Gasteiger partial charge is 0.408 e. The highest BCUT2D eigenvalue weighted by molar-refractivity contribution is 8.00. The van der Waals surface area contributed by atoms with Crippen molar-refractivity contribution in [1.82, 2.24) is 10.2 Å². The van der Waals surface area contributed by atoms with Crippen molar-refractivity contribution in [2.45, 2.75) is 29.7 Å². The van der Waals surface area contributed by atoms with Crippen molar-refractivity contribution in [2.24, 2.45) is 0 Å². The largest absolute Gasteiger partial charge is 0.445 e. The molecule has 31 heavy (non-hydrogen) atoms. The predicted octanol–water partition coefficient (Wildman–Crippen LogP) is 3.27. The summed E-state index contributed by atoms with van der Waals surface area (Å²) in [7, 11) is 0. The van der Waals surface area contributed by atoms with E-state index in [1.165, 1.54) is 29.8 Å². The number of fused-ring (bicyclic) bond motifs is 1. The lowest BCUT2D eigenvalue weighted by atomic mass is 10.0. The van der Waals surface area contributed by atoms with Crippen LogP contribution in [0.2, 0.25) is 0 Å². The minimum absolute atomic E-state index is 0.0330. The number of β-lactam (4-membered cyclic amide) rings is 1. The second kappa shape index (κ2) is 8.81. The Bertz CT molecular complexity index is 1010. The minimum atomic E-state index is -0.694. The van der Waals surface area contributed by atoms with E-state index in [1.54, 1.807) is 16.7 Å². The van der Waals surface area contributed by atoms with Gasteiger partial charge in [0.05, 0.1) is 4.92 Å². The molecule has 2 fully saturated rings. The molecule has 2 amide bonds. The topological polar surface area (TPSA) is 102 Å². The third kappa shape index (κ3) is 4.56. The van der Waals surface area contributed by atoms with Gasteiger partial charge in [0.2, 0.25) is 5.91 Å². The van der Waals surface area contributed by atoms with Crippen LogP contribution in [0.25, 0.3) is 0 Å². The minimum Gasteiger partial charge on any atom is -0.445 e. The van der Waals surface area contributed by atoms with E-state index in [-0.39, 0.29) is 28.8 Å². The second-order valence-corrected chi connectivity index (χ2v) is 8.78. The molecule has 160 valence electrons. The first-order chi connectivity index (χ1) is 14.9. The zero-order valence-corrected chi connectivity index (χ0v) is 17.4. The van der Waals surface area contributed by atoms with Crippen LogP contribution in [0.4, 0.5) is 10.5 Å². The number of non-ortho nitro benzene ring substituents is 1. The molecule has 2 heterocycles. The number of hydrogen-bond acceptors (Lipinski definition) is 6. The van der Waals surface area contributed by atoms with Gasteiger partial charge in [0.1, 0.15) is 18.0 Å². The van der Waals surface area contributed by atoms with Gasteiger partial charge in [0.25, 0.3) is 5.69 Å². The number of nitro benzene ring substituents is 1. The number of carbonyl (C=O) groups excluding carboxylic acids is 2. The maximum atomic E-state index is 12.5. The quantitative estimate of drug-likeness (QED) is 0.321. The number of nitro groups is 1. The Balaban J connectivity index is 1.31. The molecule has 2 aromatic rings. The Morgan fingerprint density at radius 1 is 1.19 bits per heavy atom. The van der Waals surface area contributed by atoms with Gasteiger partial charge in [-0.05, 0) is 35.3 Å². The summed E-state index contributed by atoms with van der Waals surface area (Å²) in [6, 6.07) is 15.2. The summed E-state index contributed by atoms with van der Waals surface area (Å²) in [5.74, 6) is -0.149. The average molecular weight is 439 g/mol. The van der Waals surface area contributed by atoms with E-state index >= 15 is 0 Å². The van der Waals surface area contributed by atoms with Gasteiger partial charge in [-0.25, -0.2) is 4.79 Å². The van der Waals surface area contributed by atoms with Crippen LogP contribution in [-0.2, 0) is 22.6 Å². The van der Waals surface area contributed by atoms with E-state index in [0.717, 1.165) is 12.0 Å². The molecule has 8 nitrogen and oxygen atoms in total. The van der Waals surface area contributed by atoms with Crippen LogP contribution in [-0.4, -0.2) is 45.0 Å². The Morgan fingerprint density at radius 3 is 2.58 bits per heavy atom. The van der Waals surface area contributed by atoms with Crippen LogP contribution in [0.3, 0.4) is 0 Å². The molecule has 2 aliphatic rings. The SMILES string of the molecule is C=C1CN2C(=O)C(NC(=O)OCc3ccc([N+](=O)[O-])cc3)[C@H]2SC1Cc1ccccc1. The molecule has 2 aliphatic heterocycles. The highest BCUT2D eigenvalue weighted by Crippen LogP contribution is 2.41. The van der Waals surface area contributed by atoms with E-state index in [0.29, 0.717) is 12.1 Å². The summed E-state index contributed by atoms with van der Waals surface area (Å²) >= 11 is 1.63. The van der Waals surface area contributed by atoms with Gasteiger partial charge in [-0.2, -0.15) is 0 Å². The fourth-order valence-electron chi connectivity index (χ4n) is 3.61. The van der Waals surface area contributed by atoms with E-state index in [2.05, 4.69) is 24.0 Å². The summed E-state index contributed by atoms with van der Waals surface area (Å²) in [5.41, 5.74) is 2.79. The monoisotopic (exact) mass is 439 g/mol. The first-order valence-electron chi connectivity index (χ1n) is 9.76. The van der Waals surface area contributed by atoms with Gasteiger partial charge in [-0.1, -0.05) is 36.9 Å². The van der Waals surface area contributed by atoms with Crippen molar-refractivity contribution < 1.29 is 19.2 Å². The number of ether oxygens (including phenoxy) is 1. The molecule has 1 N–H and O–H groups in total. The lowest BCUT2D eigenvalue weighted by molar-refractivity contribution is -0.384. The molecule has 2 aromatic carbocycles. The van der Waals surface area contributed by atoms with Crippen LogP contribution < -0.4 is 5.32 Å². The maximum Gasteiger partial charge on any atom is 0.408 e. The zero-order valence-electron chi connectivity index (χ0n) is 16.6. The summed E-state index contributed by atoms with van der Waals surface area (Å²) in [6.07, 6.45) is 0.126. The number of alkyl carbamates (subject to hydrolysis) is 1. The molecule has 2 saturated heterocycles. The van der Waals surface area contributed by atoms with Crippen LogP contribution in [0.1, 0.15) is 11.1 Å². The van der Waals surface area contributed by atoms with E-state index < -0.39 is 17.1 Å². The van der Waals surface area contributed by atoms with Crippen molar-refractivity contribution in [1.29, 1.82) is 0 Å². The van der Waals surface area contributed by atoms with Crippen molar-refractivity contribution in [3.8, 4) is 0 Å². The van der Waals surface area contributed by atoms with Gasteiger partial charge in [0.15, 0.2) is 0 Å². The Hall–Kier alpha value is -3.33. The van der Waals surface area contributed by atoms with E-state index in [9.17, 15) is 19.7 Å². The Labute approximate surface area is 183 Å². The fraction of sp³-hybridized carbons (Fsp3) is 0.273. The number of nitrogens with zero attached hydrogens (tertiary/aromatic N) is 2. The molecular weight excluding hydrogens is 418 g/mol. The number of thioether (sulfide) groups is 1. The highest BCUT2D eigenvalue weighted by Gasteiger charge is 2.52. The molecule has 4 rings (SSSR count). The average Bonchev–Trinajstić information content (AvgIpc) is 2.78. The first-order valence-corrected chi connectivity index (χ1v) is 10.7. The summed E-state index contributed by atoms with van der Waals surface area (Å²) < 4.78 is 5.19. The molecule has 0 spiro atoms. The molecular formula is C22H21N3O5S. The van der Waals surface area contributed by atoms with Gasteiger partial charge in [-0.3, -0.25) is 14.9 Å². The normalized spacial score (nSPS) is 22.3. The Kier molecular flexibility index (Phi) is 5.94. The maximum absolute atomic E-state index is 12.5. The molecule has 9 heteroatoms. The molecule has 2 unspecified atom stereocenters. The van der Waals surface area contributed by atoms with Crippen LogP contribution >= 0.6 is 11.8 Å². The predicted molar refractivity (Wildman–Crippen MR) is 116 cm³/mol. The van der Waals surface area contributed by atoms with Crippen LogP contribution in [0.15, 0.2) is 66.7 Å². The second-order valence-electron chi connectivity index (χ2n) is 7.45. The van der Waals surface area contributed by atoms with Crippen LogP contribution in [0.5, 0.6) is 0 Å². The molecule has 0 saturated carbocycles. The molecule has 0 aromatic heterocycles. The van der Waals surface area contributed by atoms with E-state index in [1.807, 2.05) is 18.2 Å². The number of benzene rings is 2. The molecule has 0 aliphatic carbocycles. The van der Waals surface area contributed by atoms with E-state index in [4.69, 9.17) is 4.74 Å². The zero-order chi connectivity index (χ0) is 22.0. The van der Waals surface area contributed by atoms with Crippen molar-refractivity contribution >= 4 is 29.4 Å². The number of hydrogen-bond donors (Lipinski definition) is 1. The summed E-state index contributed by atoms with van der Waals surface area (Å²) in [6.45, 7) is 4.59. The van der Waals surface area contributed by atoms with Gasteiger partial charge in [-0.15, -0.1) is 11.8 Å². The lowest BCUT2D eigenvalue weighted by Gasteiger charge is -2.51. The first kappa shape index (κ1) is 20.9. The summed E-state index contributed by atoms with van der Waals surface area (Å²) in [5, 5.41) is 13.4. The van der Waals surface area contributed by atoms with Gasteiger partial charge >= 0.3 is 6.09 Å². The van der Waals surface area contributed by atoms with Crippen molar-refractivity contribution in [3.63, 3.8) is 0 Å². The van der Waals surface area contributed by atoms with Gasteiger partial charge in [0, 0.05) is 23.9 Å². The lowest BCUT2D eigenvalue weighted by Crippen LogP contribution is -2.71. The molecule has 3 atom stereocenters. The van der Waals surface area contributed by atoms with Crippen LogP contribution in [0, 0.1) is 10.1 Å². The summed E-state index contributed by atoms with van der Waals surface area (Å²) in [4.78, 5) is 36.6. The highest BCUT2D eigenvalue weighted by atomic mass is 32.2. The third-order valence-corrected chi connectivity index (χ3v) is 6.96. The van der Waals surface area contributed by atoms with Crippen molar-refractivity contribution in [2.75, 3.05) is 6.54 Å². The number of carbonyl (C=O) groups is 2. The fourth-order valence-corrected chi connectivity index (χ4v) is 5.17. The molecule has 0 bridgehead atoms. The number of rotatable bonds is 6. The number of amides is 2. The standard InChI is InChI=1S/C22H21N3O5S/c1-14-12-24-20(26)19(21(24)31-18(14)11-15-5-3-2-4-6-15)23-22(27)30-13-16-7-9-17(10-8-16)25(28)29/h2-10,18-19,21H,1,11-13H2,(H,23,27)/t18?,19?,21-/m1/s1. The van der Waals surface area contributed by atoms with Gasteiger partial charge < -0.3 is 15.0 Å². The Morgan fingerprint density at radius 2 is 1.90 bits per heavy atom. The van der Waals surface area contributed by atoms with Crippen molar-refractivity contribution in [3.05, 3.63) is 88.0 Å². The molecule has 0 radical (unpaired) electrons. The number of nitrogens with one attached hydrogen (secondary N) is 1.